The van der Waals surface area contributed by atoms with Gasteiger partial charge in [-0.2, -0.15) is 0 Å². The summed E-state index contributed by atoms with van der Waals surface area (Å²) < 4.78 is 27.1. The maximum atomic E-state index is 15.1. The maximum Gasteiger partial charge on any atom is 0.317 e. The zero-order chi connectivity index (χ0) is 37.7. The van der Waals surface area contributed by atoms with E-state index in [1.807, 2.05) is 30.3 Å². The number of hydrogen-bond acceptors (Lipinski definition) is 9. The highest BCUT2D eigenvalue weighted by Crippen LogP contribution is 2.40. The van der Waals surface area contributed by atoms with Crippen LogP contribution in [0.2, 0.25) is 0 Å². The van der Waals surface area contributed by atoms with Crippen LogP contribution in [0.4, 0.5) is 4.39 Å². The monoisotopic (exact) mass is 740 g/mol. The van der Waals surface area contributed by atoms with Crippen molar-refractivity contribution < 1.29 is 33.7 Å². The van der Waals surface area contributed by atoms with Gasteiger partial charge in [-0.3, -0.25) is 19.3 Å². The van der Waals surface area contributed by atoms with Gasteiger partial charge < -0.3 is 34.9 Å². The average molecular weight is 741 g/mol. The Labute approximate surface area is 314 Å². The second kappa shape index (κ2) is 16.7. The lowest BCUT2D eigenvalue weighted by Gasteiger charge is -2.46. The van der Waals surface area contributed by atoms with Gasteiger partial charge in [0.05, 0.1) is 23.6 Å². The number of phenols is 1. The smallest absolute Gasteiger partial charge is 0.317 e. The molecule has 286 valence electrons. The highest BCUT2D eigenvalue weighted by molar-refractivity contribution is 5.95. The lowest BCUT2D eigenvalue weighted by molar-refractivity contribution is -0.167. The van der Waals surface area contributed by atoms with Gasteiger partial charge in [0.2, 0.25) is 5.56 Å². The van der Waals surface area contributed by atoms with Crippen LogP contribution >= 0.6 is 0 Å². The van der Waals surface area contributed by atoms with Gasteiger partial charge in [0.25, 0.3) is 5.91 Å². The number of benzene rings is 3. The predicted octanol–water partition coefficient (Wildman–Crippen LogP) is 5.06. The number of fused-ring (bicyclic) bond motifs is 4. The summed E-state index contributed by atoms with van der Waals surface area (Å²) in [4.78, 5) is 45.8. The van der Waals surface area contributed by atoms with Gasteiger partial charge in [0.1, 0.15) is 11.9 Å². The Bertz CT molecular complexity index is 1990. The highest BCUT2D eigenvalue weighted by Gasteiger charge is 2.47. The van der Waals surface area contributed by atoms with Crippen LogP contribution in [0.25, 0.3) is 10.9 Å². The third-order valence-electron chi connectivity index (χ3n) is 11.5. The molecule has 2 atom stereocenters. The van der Waals surface area contributed by atoms with Crippen LogP contribution in [-0.2, 0) is 14.9 Å². The normalized spacial score (nSPS) is 21.1. The molecular weight excluding hydrogens is 691 g/mol. The van der Waals surface area contributed by atoms with Crippen molar-refractivity contribution in [1.82, 2.24) is 20.1 Å². The van der Waals surface area contributed by atoms with Crippen LogP contribution in [0.5, 0.6) is 11.5 Å². The van der Waals surface area contributed by atoms with Gasteiger partial charge in [-0.1, -0.05) is 36.4 Å². The number of carbonyl (C=O) groups excluding carboxylic acids is 2. The molecule has 5 heterocycles. The number of ether oxygens (including phenoxy) is 2. The second-order valence-electron chi connectivity index (χ2n) is 14.9. The number of esters is 1. The zero-order valence-electron chi connectivity index (χ0n) is 30.5. The molecule has 3 aromatic carbocycles. The first kappa shape index (κ1) is 37.5. The van der Waals surface area contributed by atoms with E-state index in [0.717, 1.165) is 50.9 Å². The molecule has 0 spiro atoms. The Morgan fingerprint density at radius 2 is 1.74 bits per heavy atom. The zero-order valence-corrected chi connectivity index (χ0v) is 30.5. The predicted molar refractivity (Wildman–Crippen MR) is 202 cm³/mol. The fourth-order valence-electron chi connectivity index (χ4n) is 8.30. The summed E-state index contributed by atoms with van der Waals surface area (Å²) in [5.41, 5.74) is 0.878. The summed E-state index contributed by atoms with van der Waals surface area (Å²) in [6.45, 7) is 4.88. The number of nitrogens with zero attached hydrogens (tertiary/aromatic N) is 2. The van der Waals surface area contributed by atoms with Gasteiger partial charge in [0.15, 0.2) is 11.6 Å². The number of aliphatic hydroxyl groups is 1. The molecule has 0 aliphatic carbocycles. The summed E-state index contributed by atoms with van der Waals surface area (Å²) in [5, 5.41) is 24.6. The second-order valence-corrected chi connectivity index (χ2v) is 14.9. The molecule has 0 saturated carbocycles. The molecule has 4 fully saturated rings. The number of aliphatic hydroxyl groups excluding tert-OH is 1. The van der Waals surface area contributed by atoms with E-state index in [-0.39, 0.29) is 40.6 Å². The number of hydrogen-bond donors (Lipinski definition) is 4. The van der Waals surface area contributed by atoms with E-state index in [0.29, 0.717) is 74.4 Å². The molecule has 4 saturated heterocycles. The molecule has 2 bridgehead atoms. The van der Waals surface area contributed by atoms with Crippen LogP contribution in [0, 0.1) is 11.7 Å². The van der Waals surface area contributed by atoms with Crippen LogP contribution in [0.3, 0.4) is 0 Å². The summed E-state index contributed by atoms with van der Waals surface area (Å²) in [6.07, 6.45) is 4.37. The first-order valence-electron chi connectivity index (χ1n) is 19.2. The van der Waals surface area contributed by atoms with Crippen molar-refractivity contribution in [2.24, 2.45) is 5.92 Å². The fourth-order valence-corrected chi connectivity index (χ4v) is 8.30. The van der Waals surface area contributed by atoms with Crippen LogP contribution < -0.4 is 15.6 Å². The van der Waals surface area contributed by atoms with Crippen molar-refractivity contribution >= 4 is 22.8 Å². The molecule has 8 rings (SSSR count). The van der Waals surface area contributed by atoms with E-state index in [9.17, 15) is 24.6 Å². The standard InChI is InChI=1S/C42H49FN4O7/c43-33-25-29(9-13-36(33)53-24-6-2-5-19-44-26-35(49)31-10-12-34(48)39-32(31)11-14-38(50)45-39)40(51)47-22-17-42(18-23-47,30-7-3-1-4-8-30)41(52)54-37-27-46-20-15-28(37)16-21-46/h1,3-4,7-14,25,28,35,37,44,48-49H,2,5-6,15-24,26-27H2,(H,45,50)/t35?,37-/m0/s1. The number of carbonyl (C=O) groups is 2. The molecule has 12 heteroatoms. The van der Waals surface area contributed by atoms with Gasteiger partial charge in [-0.25, -0.2) is 4.39 Å². The van der Waals surface area contributed by atoms with Crippen molar-refractivity contribution in [3.8, 4) is 11.5 Å². The SMILES string of the molecule is O=C(c1ccc(OCCCCCNCC(O)c2ccc(O)c3[nH]c(=O)ccc23)c(F)c1)N1CCC(C(=O)O[C@H]2CN3CCC2CC3)(c2ccccc2)CC1. The van der Waals surface area contributed by atoms with Crippen molar-refractivity contribution in [1.29, 1.82) is 0 Å². The van der Waals surface area contributed by atoms with Crippen molar-refractivity contribution in [2.45, 2.75) is 62.6 Å². The number of aromatic hydroxyl groups is 1. The van der Waals surface area contributed by atoms with E-state index < -0.39 is 17.3 Å². The number of amides is 1. The summed E-state index contributed by atoms with van der Waals surface area (Å²) in [7, 11) is 0. The number of unbranched alkanes of at least 4 members (excludes halogenated alkanes) is 2. The van der Waals surface area contributed by atoms with E-state index in [1.54, 1.807) is 23.1 Å². The number of nitrogens with one attached hydrogen (secondary N) is 2. The van der Waals surface area contributed by atoms with Crippen LogP contribution in [0.1, 0.15) is 72.5 Å². The number of likely N-dealkylation sites (tertiary alicyclic amines) is 1. The number of aromatic amines is 1. The Balaban J connectivity index is 0.852. The summed E-state index contributed by atoms with van der Waals surface area (Å²) in [6, 6.07) is 20.1. The minimum atomic E-state index is -0.836. The molecule has 4 aliphatic heterocycles. The third kappa shape index (κ3) is 8.15. The average Bonchev–Trinajstić information content (AvgIpc) is 3.20. The molecule has 0 radical (unpaired) electrons. The molecule has 4 N–H and O–H groups in total. The lowest BCUT2D eigenvalue weighted by Crippen LogP contribution is -2.55. The van der Waals surface area contributed by atoms with Crippen LogP contribution in [0.15, 0.2) is 77.6 Å². The minimum Gasteiger partial charge on any atom is -0.506 e. The summed E-state index contributed by atoms with van der Waals surface area (Å²) in [5.74, 6) is -0.643. The van der Waals surface area contributed by atoms with Crippen molar-refractivity contribution in [2.75, 3.05) is 52.4 Å². The number of piperidine rings is 4. The quantitative estimate of drug-likeness (QED) is 0.103. The first-order valence-corrected chi connectivity index (χ1v) is 19.2. The molecule has 1 amide bonds. The summed E-state index contributed by atoms with van der Waals surface area (Å²) >= 11 is 0. The topological polar surface area (TPSA) is 144 Å². The number of H-pyrrole nitrogens is 1. The van der Waals surface area contributed by atoms with E-state index >= 15 is 4.39 Å². The number of pyridine rings is 1. The minimum absolute atomic E-state index is 0.0541. The molecule has 4 aliphatic rings. The molecule has 1 aromatic heterocycles. The molecule has 11 nitrogen and oxygen atoms in total. The Morgan fingerprint density at radius 1 is 0.963 bits per heavy atom. The first-order chi connectivity index (χ1) is 26.2. The Hall–Kier alpha value is -4.78. The Kier molecular flexibility index (Phi) is 11.6. The largest absolute Gasteiger partial charge is 0.506 e. The molecule has 1 unspecified atom stereocenters. The lowest BCUT2D eigenvalue weighted by atomic mass is 9.72. The fraction of sp³-hybridized carbons (Fsp3) is 0.452. The van der Waals surface area contributed by atoms with Gasteiger partial charge in [-0.05, 0) is 112 Å². The number of rotatable bonds is 14. The van der Waals surface area contributed by atoms with Crippen molar-refractivity contribution in [3.63, 3.8) is 0 Å². The van der Waals surface area contributed by atoms with Gasteiger partial charge in [-0.15, -0.1) is 0 Å². The molecule has 54 heavy (non-hydrogen) atoms. The third-order valence-corrected chi connectivity index (χ3v) is 11.5. The number of aromatic nitrogens is 1. The molecular formula is C42H49FN4O7. The number of halogens is 1. The Morgan fingerprint density at radius 3 is 2.46 bits per heavy atom. The number of phenolic OH excluding ortho intramolecular Hbond substituents is 1. The maximum absolute atomic E-state index is 15.1. The van der Waals surface area contributed by atoms with Gasteiger partial charge >= 0.3 is 5.97 Å². The van der Waals surface area contributed by atoms with Gasteiger partial charge in [0, 0.05) is 43.2 Å². The molecule has 4 aromatic rings. The van der Waals surface area contributed by atoms with Crippen LogP contribution in [-0.4, -0.2) is 95.4 Å². The van der Waals surface area contributed by atoms with E-state index in [1.165, 1.54) is 24.3 Å². The van der Waals surface area contributed by atoms with Crippen molar-refractivity contribution in [3.05, 3.63) is 106 Å². The van der Waals surface area contributed by atoms with E-state index in [2.05, 4.69) is 15.2 Å². The van der Waals surface area contributed by atoms with E-state index in [4.69, 9.17) is 9.47 Å². The highest BCUT2D eigenvalue weighted by atomic mass is 19.1.